The van der Waals surface area contributed by atoms with Gasteiger partial charge in [0.2, 0.25) is 0 Å². The molecule has 116 valence electrons. The summed E-state index contributed by atoms with van der Waals surface area (Å²) in [5, 5.41) is 4.89. The average molecular weight is 297 g/mol. The van der Waals surface area contributed by atoms with Gasteiger partial charge in [0.25, 0.3) is 0 Å². The Balaban J connectivity index is 1.85. The largest absolute Gasteiger partial charge is 0.497 e. The lowest BCUT2D eigenvalue weighted by atomic mass is 10.0. The number of ether oxygens (including phenoxy) is 1. The van der Waals surface area contributed by atoms with Gasteiger partial charge in [0, 0.05) is 30.7 Å². The second-order valence-corrected chi connectivity index (χ2v) is 6.21. The molecule has 1 aromatic heterocycles. The molecule has 1 atom stereocenters. The lowest BCUT2D eigenvalue weighted by molar-refractivity contribution is 0.271. The number of nitrogens with zero attached hydrogens (tertiary/aromatic N) is 2. The molecule has 3 heterocycles. The highest BCUT2D eigenvalue weighted by Gasteiger charge is 2.33. The van der Waals surface area contributed by atoms with Crippen LogP contribution in [0, 0.1) is 0 Å². The molecule has 2 aliphatic rings. The Morgan fingerprint density at radius 3 is 3.00 bits per heavy atom. The van der Waals surface area contributed by atoms with E-state index in [1.165, 1.54) is 40.7 Å². The second kappa shape index (κ2) is 4.97. The number of fused-ring (bicyclic) bond motifs is 5. The zero-order valence-electron chi connectivity index (χ0n) is 13.5. The van der Waals surface area contributed by atoms with Crippen molar-refractivity contribution in [3.05, 3.63) is 35.7 Å². The fraction of sp³-hybridized carbons (Fsp3) is 0.444. The van der Waals surface area contributed by atoms with Crippen molar-refractivity contribution >= 4 is 16.6 Å². The Morgan fingerprint density at radius 1 is 1.36 bits per heavy atom. The second-order valence-electron chi connectivity index (χ2n) is 6.21. The van der Waals surface area contributed by atoms with E-state index in [4.69, 9.17) is 4.74 Å². The molecule has 1 unspecified atom stereocenters. The third kappa shape index (κ3) is 1.76. The van der Waals surface area contributed by atoms with E-state index >= 15 is 0 Å². The van der Waals surface area contributed by atoms with Crippen LogP contribution in [0.4, 0.5) is 0 Å². The van der Waals surface area contributed by atoms with Gasteiger partial charge in [0.15, 0.2) is 0 Å². The first-order chi connectivity index (χ1) is 10.7. The first-order valence-electron chi connectivity index (χ1n) is 8.13. The Morgan fingerprint density at radius 2 is 2.23 bits per heavy atom. The van der Waals surface area contributed by atoms with Crippen LogP contribution in [-0.2, 0) is 13.5 Å². The molecule has 4 heteroatoms. The minimum absolute atomic E-state index is 0.459. The van der Waals surface area contributed by atoms with Crippen LogP contribution >= 0.6 is 0 Å². The quantitative estimate of drug-likeness (QED) is 0.944. The Kier molecular flexibility index (Phi) is 3.06. The Hall–Kier alpha value is -2.10. The van der Waals surface area contributed by atoms with E-state index in [0.717, 1.165) is 18.7 Å². The monoisotopic (exact) mass is 297 g/mol. The van der Waals surface area contributed by atoms with Gasteiger partial charge in [-0.1, -0.05) is 13.3 Å². The van der Waals surface area contributed by atoms with E-state index in [1.807, 2.05) is 6.07 Å². The van der Waals surface area contributed by atoms with Crippen LogP contribution in [0.5, 0.6) is 5.75 Å². The summed E-state index contributed by atoms with van der Waals surface area (Å²) in [6.45, 7) is 3.34. The maximum absolute atomic E-state index is 5.41. The van der Waals surface area contributed by atoms with Crippen molar-refractivity contribution in [2.45, 2.75) is 32.4 Å². The molecule has 2 aliphatic heterocycles. The first-order valence-corrected chi connectivity index (χ1v) is 8.13. The van der Waals surface area contributed by atoms with Crippen LogP contribution in [0.2, 0.25) is 0 Å². The minimum Gasteiger partial charge on any atom is -0.497 e. The molecular weight excluding hydrogens is 274 g/mol. The van der Waals surface area contributed by atoms with Crippen LogP contribution in [0.1, 0.15) is 31.0 Å². The molecule has 0 radical (unpaired) electrons. The van der Waals surface area contributed by atoms with Gasteiger partial charge in [-0.15, -0.1) is 0 Å². The van der Waals surface area contributed by atoms with Crippen LogP contribution in [0.3, 0.4) is 0 Å². The van der Waals surface area contributed by atoms with E-state index in [-0.39, 0.29) is 0 Å². The van der Waals surface area contributed by atoms with Gasteiger partial charge < -0.3 is 19.5 Å². The fourth-order valence-electron chi connectivity index (χ4n) is 3.95. The highest BCUT2D eigenvalue weighted by molar-refractivity contribution is 5.92. The predicted octanol–water partition coefficient (Wildman–Crippen LogP) is 3.07. The summed E-state index contributed by atoms with van der Waals surface area (Å²) >= 11 is 0. The van der Waals surface area contributed by atoms with E-state index in [9.17, 15) is 0 Å². The molecule has 0 saturated carbocycles. The molecule has 0 fully saturated rings. The lowest BCUT2D eigenvalue weighted by Gasteiger charge is -2.33. The van der Waals surface area contributed by atoms with Gasteiger partial charge in [-0.3, -0.25) is 0 Å². The summed E-state index contributed by atoms with van der Waals surface area (Å²) in [7, 11) is 3.90. The van der Waals surface area contributed by atoms with Crippen LogP contribution in [-0.4, -0.2) is 29.3 Å². The number of benzene rings is 1. The SMILES string of the molecule is CCCC1NC=C2c3c(c4cc(OC)ccc4n3C)CCN21. The predicted molar refractivity (Wildman–Crippen MR) is 89.7 cm³/mol. The normalized spacial score (nSPS) is 19.7. The maximum Gasteiger partial charge on any atom is 0.119 e. The number of nitrogens with one attached hydrogen (secondary N) is 1. The first kappa shape index (κ1) is 13.6. The molecule has 0 amide bonds. The molecule has 22 heavy (non-hydrogen) atoms. The lowest BCUT2D eigenvalue weighted by Crippen LogP contribution is -2.39. The summed E-state index contributed by atoms with van der Waals surface area (Å²) in [5.74, 6) is 0.936. The molecular formula is C18H23N3O. The standard InChI is InChI=1S/C18H23N3O/c1-4-5-17-19-11-16-18-13(8-9-21(16)17)14-10-12(22-3)6-7-15(14)20(18)2/h6-7,10-11,17,19H,4-5,8-9H2,1-3H3. The molecule has 0 aliphatic carbocycles. The Bertz CT molecular complexity index is 759. The number of hydrogen-bond donors (Lipinski definition) is 1. The molecule has 4 nitrogen and oxygen atoms in total. The van der Waals surface area contributed by atoms with Crippen molar-refractivity contribution in [1.29, 1.82) is 0 Å². The van der Waals surface area contributed by atoms with Crippen molar-refractivity contribution in [2.75, 3.05) is 13.7 Å². The maximum atomic E-state index is 5.41. The van der Waals surface area contributed by atoms with Crippen molar-refractivity contribution in [2.24, 2.45) is 7.05 Å². The van der Waals surface area contributed by atoms with E-state index in [1.54, 1.807) is 7.11 Å². The van der Waals surface area contributed by atoms with Gasteiger partial charge in [-0.25, -0.2) is 0 Å². The smallest absolute Gasteiger partial charge is 0.119 e. The summed E-state index contributed by atoms with van der Waals surface area (Å²) < 4.78 is 7.74. The molecule has 0 saturated heterocycles. The minimum atomic E-state index is 0.459. The summed E-state index contributed by atoms with van der Waals surface area (Å²) in [4.78, 5) is 2.53. The van der Waals surface area contributed by atoms with E-state index < -0.39 is 0 Å². The zero-order valence-corrected chi connectivity index (χ0v) is 13.5. The van der Waals surface area contributed by atoms with Crippen LogP contribution in [0.15, 0.2) is 24.4 Å². The number of methoxy groups -OCH3 is 1. The van der Waals surface area contributed by atoms with Crippen molar-refractivity contribution in [3.8, 4) is 5.75 Å². The molecule has 0 spiro atoms. The van der Waals surface area contributed by atoms with Crippen molar-refractivity contribution < 1.29 is 4.74 Å². The van der Waals surface area contributed by atoms with Crippen LogP contribution in [0.25, 0.3) is 16.6 Å². The number of rotatable bonds is 3. The fourth-order valence-corrected chi connectivity index (χ4v) is 3.95. The van der Waals surface area contributed by atoms with Crippen LogP contribution < -0.4 is 10.1 Å². The Labute approximate surface area is 131 Å². The molecule has 1 aromatic carbocycles. The average Bonchev–Trinajstić information content (AvgIpc) is 3.07. The number of aromatic nitrogens is 1. The third-order valence-corrected chi connectivity index (χ3v) is 5.02. The summed E-state index contributed by atoms with van der Waals surface area (Å²) in [5.41, 5.74) is 5.45. The zero-order chi connectivity index (χ0) is 15.3. The van der Waals surface area contributed by atoms with Gasteiger partial charge in [-0.05, 0) is 36.6 Å². The van der Waals surface area contributed by atoms with E-state index in [2.05, 4.69) is 47.1 Å². The van der Waals surface area contributed by atoms with E-state index in [0.29, 0.717) is 6.17 Å². The molecule has 1 N–H and O–H groups in total. The summed E-state index contributed by atoms with van der Waals surface area (Å²) in [6.07, 6.45) is 6.15. The van der Waals surface area contributed by atoms with Crippen molar-refractivity contribution in [1.82, 2.24) is 14.8 Å². The summed E-state index contributed by atoms with van der Waals surface area (Å²) in [6, 6.07) is 6.40. The van der Waals surface area contributed by atoms with Gasteiger partial charge >= 0.3 is 0 Å². The highest BCUT2D eigenvalue weighted by Crippen LogP contribution is 2.39. The van der Waals surface area contributed by atoms with Gasteiger partial charge in [0.05, 0.1) is 24.7 Å². The molecule has 4 rings (SSSR count). The number of hydrogen-bond acceptors (Lipinski definition) is 3. The van der Waals surface area contributed by atoms with Gasteiger partial charge in [-0.2, -0.15) is 0 Å². The van der Waals surface area contributed by atoms with Gasteiger partial charge in [0.1, 0.15) is 5.75 Å². The van der Waals surface area contributed by atoms with Crippen molar-refractivity contribution in [3.63, 3.8) is 0 Å². The number of aryl methyl sites for hydroxylation is 1. The molecule has 2 aromatic rings. The highest BCUT2D eigenvalue weighted by atomic mass is 16.5. The topological polar surface area (TPSA) is 29.4 Å². The third-order valence-electron chi connectivity index (χ3n) is 5.02. The molecule has 0 bridgehead atoms.